The van der Waals surface area contributed by atoms with Gasteiger partial charge in [-0.05, 0) is 55.7 Å². The van der Waals surface area contributed by atoms with Crippen molar-refractivity contribution in [1.82, 2.24) is 29.9 Å². The molecule has 8 heteroatoms. The average Bonchev–Trinajstić information content (AvgIpc) is 3.35. The summed E-state index contributed by atoms with van der Waals surface area (Å²) in [5.41, 5.74) is 2.97. The molecule has 166 valence electrons. The lowest BCUT2D eigenvalue weighted by Crippen LogP contribution is -2.46. The number of benzene rings is 1. The van der Waals surface area contributed by atoms with Crippen LogP contribution in [0.15, 0.2) is 48.8 Å². The zero-order valence-electron chi connectivity index (χ0n) is 18.9. The first kappa shape index (κ1) is 21.7. The summed E-state index contributed by atoms with van der Waals surface area (Å²) < 4.78 is 16.9. The number of carbonyl (C=O) groups is 1. The topological polar surface area (TPSA) is 77.6 Å². The van der Waals surface area contributed by atoms with Crippen LogP contribution in [0, 0.1) is 25.1 Å². The van der Waals surface area contributed by atoms with Crippen LogP contribution >= 0.6 is 0 Å². The molecule has 0 spiro atoms. The van der Waals surface area contributed by atoms with Gasteiger partial charge in [0.2, 0.25) is 0 Å². The Labute approximate surface area is 186 Å². The molecular weight excluding hydrogens is 407 g/mol. The van der Waals surface area contributed by atoms with Crippen LogP contribution in [-0.2, 0) is 6.54 Å². The van der Waals surface area contributed by atoms with Gasteiger partial charge >= 0.3 is 0 Å². The lowest BCUT2D eigenvalue weighted by molar-refractivity contribution is 0.0892. The van der Waals surface area contributed by atoms with E-state index >= 15 is 0 Å². The van der Waals surface area contributed by atoms with Gasteiger partial charge in [-0.3, -0.25) is 9.48 Å². The molecule has 4 aromatic rings. The molecule has 32 heavy (non-hydrogen) atoms. The first-order chi connectivity index (χ1) is 15.1. The number of nitrogens with zero attached hydrogens (tertiary/aromatic N) is 5. The minimum atomic E-state index is -0.323. The highest BCUT2D eigenvalue weighted by Gasteiger charge is 2.29. The highest BCUT2D eigenvalue weighted by atomic mass is 19.1. The summed E-state index contributed by atoms with van der Waals surface area (Å²) in [5.74, 6) is -0.508. The molecule has 1 amide bonds. The van der Waals surface area contributed by atoms with Gasteiger partial charge in [-0.25, -0.2) is 14.1 Å². The number of hydrogen-bond acceptors (Lipinski definition) is 4. The maximum absolute atomic E-state index is 13.5. The van der Waals surface area contributed by atoms with Gasteiger partial charge in [0, 0.05) is 18.1 Å². The summed E-state index contributed by atoms with van der Waals surface area (Å²) >= 11 is 0. The summed E-state index contributed by atoms with van der Waals surface area (Å²) in [6.45, 7) is 10.5. The molecule has 0 radical (unpaired) electrons. The van der Waals surface area contributed by atoms with E-state index in [0.29, 0.717) is 40.2 Å². The molecule has 7 nitrogen and oxygen atoms in total. The minimum Gasteiger partial charge on any atom is -0.347 e. The molecule has 1 atom stereocenters. The minimum absolute atomic E-state index is 0.147. The van der Waals surface area contributed by atoms with Crippen LogP contribution in [0.2, 0.25) is 0 Å². The molecule has 0 aliphatic heterocycles. The Bertz CT molecular complexity index is 1250. The second kappa shape index (κ2) is 8.18. The third-order valence-corrected chi connectivity index (χ3v) is 5.54. The molecule has 3 aromatic heterocycles. The molecule has 1 aromatic carbocycles. The van der Waals surface area contributed by atoms with Crippen molar-refractivity contribution in [2.24, 2.45) is 5.41 Å². The lowest BCUT2D eigenvalue weighted by atomic mass is 9.86. The van der Waals surface area contributed by atoms with Gasteiger partial charge in [-0.2, -0.15) is 10.2 Å². The van der Waals surface area contributed by atoms with Crippen molar-refractivity contribution < 1.29 is 9.18 Å². The van der Waals surface area contributed by atoms with Crippen LogP contribution in [0.25, 0.3) is 16.7 Å². The number of halogens is 1. The second-order valence-electron chi connectivity index (χ2n) is 9.10. The van der Waals surface area contributed by atoms with Crippen molar-refractivity contribution in [2.75, 3.05) is 0 Å². The van der Waals surface area contributed by atoms with Gasteiger partial charge in [0.15, 0.2) is 5.65 Å². The smallest absolute Gasteiger partial charge is 0.252 e. The molecule has 0 saturated heterocycles. The lowest BCUT2D eigenvalue weighted by Gasteiger charge is -2.31. The Morgan fingerprint density at radius 3 is 2.53 bits per heavy atom. The van der Waals surface area contributed by atoms with Crippen LogP contribution in [0.1, 0.15) is 42.5 Å². The van der Waals surface area contributed by atoms with Gasteiger partial charge in [0.25, 0.3) is 5.91 Å². The predicted octanol–water partition coefficient (Wildman–Crippen LogP) is 4.22. The number of nitrogens with one attached hydrogen (secondary N) is 1. The maximum atomic E-state index is 13.5. The van der Waals surface area contributed by atoms with E-state index in [-0.39, 0.29) is 23.2 Å². The van der Waals surface area contributed by atoms with E-state index in [4.69, 9.17) is 0 Å². The highest BCUT2D eigenvalue weighted by molar-refractivity contribution is 6.07. The monoisotopic (exact) mass is 434 g/mol. The molecule has 1 N–H and O–H groups in total. The number of pyridine rings is 1. The van der Waals surface area contributed by atoms with E-state index in [1.165, 1.54) is 12.1 Å². The molecule has 0 saturated carbocycles. The van der Waals surface area contributed by atoms with Crippen LogP contribution < -0.4 is 5.32 Å². The van der Waals surface area contributed by atoms with E-state index in [1.807, 2.05) is 30.8 Å². The van der Waals surface area contributed by atoms with E-state index in [9.17, 15) is 9.18 Å². The SMILES string of the molecule is Cc1cc(C(=O)N[C@@H](Cn2cccn2)C(C)(C)C)c2c(C)nn(-c3ccc(F)cc3)c2n1. The quantitative estimate of drug-likeness (QED) is 0.510. The standard InChI is InChI=1S/C24H27FN6O/c1-15-13-19(23(32)28-20(24(3,4)5)14-30-12-6-11-26-30)21-16(2)29-31(22(21)27-15)18-9-7-17(25)8-10-18/h6-13,20H,14H2,1-5H3,(H,28,32)/t20-/m0/s1. The van der Waals surface area contributed by atoms with Crippen LogP contribution in [0.3, 0.4) is 0 Å². The van der Waals surface area contributed by atoms with Crippen molar-refractivity contribution in [1.29, 1.82) is 0 Å². The van der Waals surface area contributed by atoms with Crippen LogP contribution in [0.4, 0.5) is 4.39 Å². The normalized spacial score (nSPS) is 12.8. The second-order valence-corrected chi connectivity index (χ2v) is 9.10. The number of aryl methyl sites for hydroxylation is 2. The van der Waals surface area contributed by atoms with Crippen molar-refractivity contribution >= 4 is 16.9 Å². The number of aromatic nitrogens is 5. The van der Waals surface area contributed by atoms with Crippen molar-refractivity contribution in [3.63, 3.8) is 0 Å². The van der Waals surface area contributed by atoms with Gasteiger partial charge in [-0.1, -0.05) is 20.8 Å². The van der Waals surface area contributed by atoms with Gasteiger partial charge in [0.05, 0.1) is 34.9 Å². The molecule has 0 bridgehead atoms. The van der Waals surface area contributed by atoms with Crippen molar-refractivity contribution in [3.8, 4) is 5.69 Å². The van der Waals surface area contributed by atoms with Gasteiger partial charge < -0.3 is 5.32 Å². The first-order valence-electron chi connectivity index (χ1n) is 10.5. The molecular formula is C24H27FN6O. The number of rotatable bonds is 5. The summed E-state index contributed by atoms with van der Waals surface area (Å²) in [5, 5.41) is 12.8. The number of fused-ring (bicyclic) bond motifs is 1. The fraction of sp³-hybridized carbons (Fsp3) is 0.333. The molecule has 3 heterocycles. The molecule has 4 rings (SSSR count). The average molecular weight is 435 g/mol. The molecule has 0 unspecified atom stereocenters. The summed E-state index contributed by atoms with van der Waals surface area (Å²) in [4.78, 5) is 18.1. The Morgan fingerprint density at radius 2 is 1.91 bits per heavy atom. The Hall–Kier alpha value is -3.55. The number of carbonyl (C=O) groups excluding carboxylic acids is 1. The van der Waals surface area contributed by atoms with E-state index in [0.717, 1.165) is 0 Å². The first-order valence-corrected chi connectivity index (χ1v) is 10.5. The molecule has 0 fully saturated rings. The summed E-state index contributed by atoms with van der Waals surface area (Å²) in [6, 6.07) is 9.55. The predicted molar refractivity (Wildman–Crippen MR) is 121 cm³/mol. The van der Waals surface area contributed by atoms with Crippen molar-refractivity contribution in [2.45, 2.75) is 47.2 Å². The zero-order valence-corrected chi connectivity index (χ0v) is 18.9. The van der Waals surface area contributed by atoms with E-state index in [2.05, 4.69) is 41.3 Å². The van der Waals surface area contributed by atoms with Crippen LogP contribution in [-0.4, -0.2) is 36.5 Å². The third kappa shape index (κ3) is 4.26. The highest BCUT2D eigenvalue weighted by Crippen LogP contribution is 2.26. The van der Waals surface area contributed by atoms with E-state index in [1.54, 1.807) is 29.1 Å². The van der Waals surface area contributed by atoms with E-state index < -0.39 is 0 Å². The van der Waals surface area contributed by atoms with Gasteiger partial charge in [-0.15, -0.1) is 0 Å². The largest absolute Gasteiger partial charge is 0.347 e. The Morgan fingerprint density at radius 1 is 1.19 bits per heavy atom. The third-order valence-electron chi connectivity index (χ3n) is 5.54. The summed E-state index contributed by atoms with van der Waals surface area (Å²) in [6.07, 6.45) is 3.61. The summed E-state index contributed by atoms with van der Waals surface area (Å²) in [7, 11) is 0. The maximum Gasteiger partial charge on any atom is 0.252 e. The fourth-order valence-electron chi connectivity index (χ4n) is 3.72. The Balaban J connectivity index is 1.75. The molecule has 0 aliphatic rings. The number of amides is 1. The van der Waals surface area contributed by atoms with Crippen molar-refractivity contribution in [3.05, 3.63) is 71.6 Å². The van der Waals surface area contributed by atoms with Crippen LogP contribution in [0.5, 0.6) is 0 Å². The van der Waals surface area contributed by atoms with Gasteiger partial charge in [0.1, 0.15) is 5.82 Å². The molecule has 0 aliphatic carbocycles. The fourth-order valence-corrected chi connectivity index (χ4v) is 3.72. The number of hydrogen-bond donors (Lipinski definition) is 1. The zero-order chi connectivity index (χ0) is 23.0. The Kier molecular flexibility index (Phi) is 5.54.